The van der Waals surface area contributed by atoms with Gasteiger partial charge in [0.05, 0.1) is 11.8 Å². The van der Waals surface area contributed by atoms with Gasteiger partial charge in [-0.25, -0.2) is 4.39 Å². The van der Waals surface area contributed by atoms with Crippen LogP contribution in [0.1, 0.15) is 29.8 Å². The predicted molar refractivity (Wildman–Crippen MR) is 75.7 cm³/mol. The SMILES string of the molecule is CCc1nn(C)cc1CNCC(O)c1ccccc1F. The second-order valence-corrected chi connectivity index (χ2v) is 4.80. The minimum absolute atomic E-state index is 0.305. The molecular formula is C15H20FN3O. The summed E-state index contributed by atoms with van der Waals surface area (Å²) in [5, 5.41) is 17.5. The quantitative estimate of drug-likeness (QED) is 0.848. The van der Waals surface area contributed by atoms with E-state index < -0.39 is 6.10 Å². The van der Waals surface area contributed by atoms with Crippen molar-refractivity contribution in [1.82, 2.24) is 15.1 Å². The number of halogens is 1. The first-order valence-electron chi connectivity index (χ1n) is 6.76. The van der Waals surface area contributed by atoms with Crippen LogP contribution in [-0.2, 0) is 20.0 Å². The molecule has 4 nitrogen and oxygen atoms in total. The number of benzene rings is 1. The zero-order valence-corrected chi connectivity index (χ0v) is 11.8. The van der Waals surface area contributed by atoms with Crippen LogP contribution in [0.5, 0.6) is 0 Å². The third-order valence-corrected chi connectivity index (χ3v) is 3.24. The van der Waals surface area contributed by atoms with E-state index in [0.717, 1.165) is 17.7 Å². The minimum atomic E-state index is -0.849. The molecule has 1 aromatic heterocycles. The number of hydrogen-bond donors (Lipinski definition) is 2. The average Bonchev–Trinajstić information content (AvgIpc) is 2.79. The highest BCUT2D eigenvalue weighted by molar-refractivity contribution is 5.20. The number of hydrogen-bond acceptors (Lipinski definition) is 3. The van der Waals surface area contributed by atoms with E-state index in [9.17, 15) is 9.50 Å². The number of aryl methyl sites for hydroxylation is 2. The number of aromatic nitrogens is 2. The Bertz CT molecular complexity index is 568. The summed E-state index contributed by atoms with van der Waals surface area (Å²) >= 11 is 0. The number of aliphatic hydroxyl groups is 1. The standard InChI is InChI=1S/C15H20FN3O/c1-3-14-11(10-19(2)18-14)8-17-9-15(20)12-6-4-5-7-13(12)16/h4-7,10,15,17,20H,3,8-9H2,1-2H3. The Hall–Kier alpha value is -1.72. The maximum absolute atomic E-state index is 13.5. The number of nitrogens with zero attached hydrogens (tertiary/aromatic N) is 2. The lowest BCUT2D eigenvalue weighted by molar-refractivity contribution is 0.169. The first kappa shape index (κ1) is 14.7. The lowest BCUT2D eigenvalue weighted by atomic mass is 10.1. The van der Waals surface area contributed by atoms with E-state index in [1.807, 2.05) is 13.2 Å². The lowest BCUT2D eigenvalue weighted by Crippen LogP contribution is -2.22. The summed E-state index contributed by atoms with van der Waals surface area (Å²) < 4.78 is 15.3. The molecule has 0 amide bonds. The Morgan fingerprint density at radius 2 is 2.15 bits per heavy atom. The van der Waals surface area contributed by atoms with Gasteiger partial charge in [-0.2, -0.15) is 5.10 Å². The molecule has 0 spiro atoms. The normalized spacial score (nSPS) is 12.6. The fourth-order valence-corrected chi connectivity index (χ4v) is 2.23. The number of nitrogens with one attached hydrogen (secondary N) is 1. The van der Waals surface area contributed by atoms with Gasteiger partial charge >= 0.3 is 0 Å². The van der Waals surface area contributed by atoms with Gasteiger partial charge in [-0.1, -0.05) is 25.1 Å². The van der Waals surface area contributed by atoms with Crippen LogP contribution in [0.2, 0.25) is 0 Å². The van der Waals surface area contributed by atoms with Gasteiger partial charge in [0.1, 0.15) is 5.82 Å². The smallest absolute Gasteiger partial charge is 0.129 e. The van der Waals surface area contributed by atoms with Gasteiger partial charge in [0, 0.05) is 37.5 Å². The van der Waals surface area contributed by atoms with Gasteiger partial charge in [-0.3, -0.25) is 4.68 Å². The van der Waals surface area contributed by atoms with Crippen LogP contribution in [0.15, 0.2) is 30.5 Å². The van der Waals surface area contributed by atoms with Crippen molar-refractivity contribution in [3.05, 3.63) is 53.1 Å². The van der Waals surface area contributed by atoms with Crippen LogP contribution in [0, 0.1) is 5.82 Å². The Balaban J connectivity index is 1.91. The van der Waals surface area contributed by atoms with E-state index >= 15 is 0 Å². The number of aliphatic hydroxyl groups excluding tert-OH is 1. The van der Waals surface area contributed by atoms with Gasteiger partial charge < -0.3 is 10.4 Å². The third kappa shape index (κ3) is 3.43. The molecule has 1 heterocycles. The molecule has 0 bridgehead atoms. The molecule has 2 N–H and O–H groups in total. The van der Waals surface area contributed by atoms with Crippen molar-refractivity contribution in [3.8, 4) is 0 Å². The van der Waals surface area contributed by atoms with Crippen molar-refractivity contribution in [2.24, 2.45) is 7.05 Å². The molecule has 0 aliphatic rings. The molecule has 20 heavy (non-hydrogen) atoms. The average molecular weight is 277 g/mol. The zero-order chi connectivity index (χ0) is 14.5. The van der Waals surface area contributed by atoms with Crippen LogP contribution < -0.4 is 5.32 Å². The molecule has 1 unspecified atom stereocenters. The van der Waals surface area contributed by atoms with Crippen LogP contribution >= 0.6 is 0 Å². The summed E-state index contributed by atoms with van der Waals surface area (Å²) in [4.78, 5) is 0. The first-order valence-corrected chi connectivity index (χ1v) is 6.76. The molecule has 2 rings (SSSR count). The summed E-state index contributed by atoms with van der Waals surface area (Å²) in [6.07, 6.45) is 1.98. The summed E-state index contributed by atoms with van der Waals surface area (Å²) in [6, 6.07) is 6.29. The van der Waals surface area contributed by atoms with E-state index in [1.165, 1.54) is 6.07 Å². The Morgan fingerprint density at radius 1 is 1.40 bits per heavy atom. The van der Waals surface area contributed by atoms with E-state index in [1.54, 1.807) is 22.9 Å². The monoisotopic (exact) mass is 277 g/mol. The third-order valence-electron chi connectivity index (χ3n) is 3.24. The maximum Gasteiger partial charge on any atom is 0.129 e. The van der Waals surface area contributed by atoms with E-state index in [-0.39, 0.29) is 5.82 Å². The zero-order valence-electron chi connectivity index (χ0n) is 11.8. The van der Waals surface area contributed by atoms with Crippen LogP contribution in [-0.4, -0.2) is 21.4 Å². The summed E-state index contributed by atoms with van der Waals surface area (Å²) in [7, 11) is 1.89. The van der Waals surface area contributed by atoms with Gasteiger partial charge in [0.15, 0.2) is 0 Å². The highest BCUT2D eigenvalue weighted by Gasteiger charge is 2.12. The van der Waals surface area contributed by atoms with Gasteiger partial charge in [-0.15, -0.1) is 0 Å². The summed E-state index contributed by atoms with van der Waals surface area (Å²) in [5.41, 5.74) is 2.47. The fraction of sp³-hybridized carbons (Fsp3) is 0.400. The highest BCUT2D eigenvalue weighted by Crippen LogP contribution is 2.16. The number of rotatable bonds is 6. The van der Waals surface area contributed by atoms with Crippen LogP contribution in [0.3, 0.4) is 0 Å². The molecular weight excluding hydrogens is 257 g/mol. The molecule has 0 saturated heterocycles. The molecule has 0 saturated carbocycles. The second-order valence-electron chi connectivity index (χ2n) is 4.80. The van der Waals surface area contributed by atoms with Crippen molar-refractivity contribution in [2.45, 2.75) is 26.0 Å². The van der Waals surface area contributed by atoms with Crippen molar-refractivity contribution < 1.29 is 9.50 Å². The maximum atomic E-state index is 13.5. The van der Waals surface area contributed by atoms with Crippen molar-refractivity contribution in [3.63, 3.8) is 0 Å². The molecule has 2 aromatic rings. The van der Waals surface area contributed by atoms with Crippen LogP contribution in [0.4, 0.5) is 4.39 Å². The first-order chi connectivity index (χ1) is 9.61. The van der Waals surface area contributed by atoms with Crippen molar-refractivity contribution in [1.29, 1.82) is 0 Å². The molecule has 0 aliphatic carbocycles. The fourth-order valence-electron chi connectivity index (χ4n) is 2.23. The largest absolute Gasteiger partial charge is 0.387 e. The molecule has 0 aliphatic heterocycles. The summed E-state index contributed by atoms with van der Waals surface area (Å²) in [5.74, 6) is -0.377. The van der Waals surface area contributed by atoms with E-state index in [4.69, 9.17) is 0 Å². The molecule has 0 fully saturated rings. The van der Waals surface area contributed by atoms with E-state index in [2.05, 4.69) is 17.3 Å². The molecule has 1 aromatic carbocycles. The Labute approximate surface area is 118 Å². The summed E-state index contributed by atoms with van der Waals surface area (Å²) in [6.45, 7) is 2.97. The van der Waals surface area contributed by atoms with Crippen LogP contribution in [0.25, 0.3) is 0 Å². The molecule has 0 radical (unpaired) electrons. The van der Waals surface area contributed by atoms with Gasteiger partial charge in [0.25, 0.3) is 0 Å². The van der Waals surface area contributed by atoms with Gasteiger partial charge in [0.2, 0.25) is 0 Å². The predicted octanol–water partition coefficient (Wildman–Crippen LogP) is 1.94. The van der Waals surface area contributed by atoms with Crippen molar-refractivity contribution >= 4 is 0 Å². The lowest BCUT2D eigenvalue weighted by Gasteiger charge is -2.12. The molecule has 108 valence electrons. The van der Waals surface area contributed by atoms with Gasteiger partial charge in [-0.05, 0) is 12.5 Å². The minimum Gasteiger partial charge on any atom is -0.387 e. The van der Waals surface area contributed by atoms with Crippen molar-refractivity contribution in [2.75, 3.05) is 6.54 Å². The topological polar surface area (TPSA) is 50.1 Å². The van der Waals surface area contributed by atoms with E-state index in [0.29, 0.717) is 18.7 Å². The highest BCUT2D eigenvalue weighted by atomic mass is 19.1. The molecule has 1 atom stereocenters. The Morgan fingerprint density at radius 3 is 2.85 bits per heavy atom. The Kier molecular flexibility index (Phi) is 4.87. The molecule has 5 heteroatoms. The second kappa shape index (κ2) is 6.63.